The molecule has 0 bridgehead atoms. The minimum absolute atomic E-state index is 0.0860. The molecule has 0 atom stereocenters. The first-order valence-electron chi connectivity index (χ1n) is 7.98. The number of ether oxygens (including phenoxy) is 1. The highest BCUT2D eigenvalue weighted by Gasteiger charge is 2.20. The molecule has 0 aromatic heterocycles. The van der Waals surface area contributed by atoms with E-state index in [0.29, 0.717) is 30.3 Å². The molecule has 0 unspecified atom stereocenters. The third-order valence-electron chi connectivity index (χ3n) is 4.26. The summed E-state index contributed by atoms with van der Waals surface area (Å²) in [6, 6.07) is 5.08. The van der Waals surface area contributed by atoms with Crippen LogP contribution in [0.25, 0.3) is 0 Å². The lowest BCUT2D eigenvalue weighted by molar-refractivity contribution is -0.385. The quantitative estimate of drug-likeness (QED) is 0.544. The van der Waals surface area contributed by atoms with Gasteiger partial charge in [0.1, 0.15) is 5.75 Å². The largest absolute Gasteiger partial charge is 0.497 e. The van der Waals surface area contributed by atoms with Crippen LogP contribution in [0.5, 0.6) is 5.75 Å². The molecule has 0 radical (unpaired) electrons. The van der Waals surface area contributed by atoms with Gasteiger partial charge >= 0.3 is 5.97 Å². The fourth-order valence-electron chi connectivity index (χ4n) is 2.96. The maximum Gasteiger partial charge on any atom is 0.317 e. The van der Waals surface area contributed by atoms with Gasteiger partial charge < -0.3 is 15.2 Å². The van der Waals surface area contributed by atoms with E-state index in [-0.39, 0.29) is 17.2 Å². The Morgan fingerprint density at radius 3 is 2.75 bits per heavy atom. The summed E-state index contributed by atoms with van der Waals surface area (Å²) in [5, 5.41) is 23.3. The number of nitrogens with zero attached hydrogens (tertiary/aromatic N) is 2. The average Bonchev–Trinajstić information content (AvgIpc) is 2.55. The topological polar surface area (TPSA) is 105 Å². The summed E-state index contributed by atoms with van der Waals surface area (Å²) in [5.74, 6) is -0.190. The second-order valence-electron chi connectivity index (χ2n) is 5.90. The SMILES string of the molecule is COc1ccc([N+](=O)[O-])c(CCNC2CCN(CC(=O)O)CC2)c1. The molecule has 24 heavy (non-hydrogen) atoms. The van der Waals surface area contributed by atoms with Gasteiger partial charge in [0.25, 0.3) is 5.69 Å². The Bertz CT molecular complexity index is 585. The lowest BCUT2D eigenvalue weighted by Gasteiger charge is -2.31. The number of nitro groups is 1. The zero-order chi connectivity index (χ0) is 17.5. The number of hydrogen-bond donors (Lipinski definition) is 2. The van der Waals surface area contributed by atoms with E-state index in [9.17, 15) is 14.9 Å². The number of likely N-dealkylation sites (tertiary alicyclic amines) is 1. The van der Waals surface area contributed by atoms with Crippen LogP contribution in [-0.4, -0.2) is 60.2 Å². The molecule has 2 rings (SSSR count). The standard InChI is InChI=1S/C16H23N3O5/c1-24-14-2-3-15(19(22)23)12(10-14)4-7-17-13-5-8-18(9-6-13)11-16(20)21/h2-3,10,13,17H,4-9,11H2,1H3,(H,20,21). The van der Waals surface area contributed by atoms with Gasteiger partial charge in [0.05, 0.1) is 18.6 Å². The van der Waals surface area contributed by atoms with Crippen molar-refractivity contribution in [1.82, 2.24) is 10.2 Å². The van der Waals surface area contributed by atoms with Crippen molar-refractivity contribution in [2.75, 3.05) is 33.3 Å². The van der Waals surface area contributed by atoms with Crippen molar-refractivity contribution in [2.45, 2.75) is 25.3 Å². The predicted octanol–water partition coefficient (Wildman–Crippen LogP) is 1.28. The molecule has 1 saturated heterocycles. The minimum Gasteiger partial charge on any atom is -0.497 e. The first-order valence-corrected chi connectivity index (χ1v) is 7.98. The number of methoxy groups -OCH3 is 1. The number of rotatable bonds is 8. The number of benzene rings is 1. The number of hydrogen-bond acceptors (Lipinski definition) is 6. The molecule has 1 aliphatic heterocycles. The number of nitro benzene ring substituents is 1. The highest BCUT2D eigenvalue weighted by molar-refractivity contribution is 5.69. The van der Waals surface area contributed by atoms with Crippen molar-refractivity contribution in [3.8, 4) is 5.75 Å². The fourth-order valence-corrected chi connectivity index (χ4v) is 2.96. The van der Waals surface area contributed by atoms with Crippen molar-refractivity contribution in [1.29, 1.82) is 0 Å². The smallest absolute Gasteiger partial charge is 0.317 e. The van der Waals surface area contributed by atoms with Crippen LogP contribution in [-0.2, 0) is 11.2 Å². The normalized spacial score (nSPS) is 16.0. The third-order valence-corrected chi connectivity index (χ3v) is 4.26. The number of aliphatic carboxylic acids is 1. The van der Waals surface area contributed by atoms with Gasteiger partial charge in [-0.15, -0.1) is 0 Å². The van der Waals surface area contributed by atoms with Crippen LogP contribution in [0.4, 0.5) is 5.69 Å². The van der Waals surface area contributed by atoms with Gasteiger partial charge in [-0.25, -0.2) is 0 Å². The number of carboxylic acids is 1. The van der Waals surface area contributed by atoms with Crippen molar-refractivity contribution in [2.24, 2.45) is 0 Å². The van der Waals surface area contributed by atoms with Crippen LogP contribution in [0, 0.1) is 10.1 Å². The van der Waals surface area contributed by atoms with E-state index >= 15 is 0 Å². The number of piperidine rings is 1. The van der Waals surface area contributed by atoms with Crippen molar-refractivity contribution in [3.05, 3.63) is 33.9 Å². The number of carbonyl (C=O) groups is 1. The van der Waals surface area contributed by atoms with Crippen molar-refractivity contribution in [3.63, 3.8) is 0 Å². The van der Waals surface area contributed by atoms with E-state index < -0.39 is 5.97 Å². The van der Waals surface area contributed by atoms with E-state index in [2.05, 4.69) is 5.32 Å². The molecule has 1 aromatic carbocycles. The summed E-state index contributed by atoms with van der Waals surface area (Å²) >= 11 is 0. The first-order chi connectivity index (χ1) is 11.5. The Kier molecular flexibility index (Phi) is 6.51. The molecular formula is C16H23N3O5. The predicted molar refractivity (Wildman–Crippen MR) is 88.5 cm³/mol. The summed E-state index contributed by atoms with van der Waals surface area (Å²) in [6.45, 7) is 2.23. The highest BCUT2D eigenvalue weighted by Crippen LogP contribution is 2.24. The van der Waals surface area contributed by atoms with Crippen LogP contribution >= 0.6 is 0 Å². The van der Waals surface area contributed by atoms with Gasteiger partial charge in [0.2, 0.25) is 0 Å². The molecule has 8 nitrogen and oxygen atoms in total. The molecule has 132 valence electrons. The maximum atomic E-state index is 11.1. The second kappa shape index (κ2) is 8.60. The number of nitrogens with one attached hydrogen (secondary N) is 1. The van der Waals surface area contributed by atoms with Crippen molar-refractivity contribution < 1.29 is 19.6 Å². The second-order valence-corrected chi connectivity index (χ2v) is 5.90. The Labute approximate surface area is 140 Å². The Balaban J connectivity index is 1.82. The Morgan fingerprint density at radius 2 is 2.17 bits per heavy atom. The van der Waals surface area contributed by atoms with E-state index in [4.69, 9.17) is 9.84 Å². The van der Waals surface area contributed by atoms with Crippen molar-refractivity contribution >= 4 is 11.7 Å². The molecule has 1 aliphatic rings. The summed E-state index contributed by atoms with van der Waals surface area (Å²) in [6.07, 6.45) is 2.31. The molecule has 0 amide bonds. The fraction of sp³-hybridized carbons (Fsp3) is 0.562. The first kappa shape index (κ1) is 18.2. The van der Waals surface area contributed by atoms with Crippen LogP contribution in [0.3, 0.4) is 0 Å². The van der Waals surface area contributed by atoms with Gasteiger partial charge in [0.15, 0.2) is 0 Å². The van der Waals surface area contributed by atoms with Gasteiger partial charge in [0, 0.05) is 30.8 Å². The van der Waals surface area contributed by atoms with Crippen LogP contribution < -0.4 is 10.1 Å². The van der Waals surface area contributed by atoms with Crippen LogP contribution in [0.2, 0.25) is 0 Å². The molecule has 2 N–H and O–H groups in total. The molecule has 0 saturated carbocycles. The minimum atomic E-state index is -0.799. The number of carboxylic acid groups (broad SMARTS) is 1. The molecule has 1 fully saturated rings. The highest BCUT2D eigenvalue weighted by atomic mass is 16.6. The van der Waals surface area contributed by atoms with Gasteiger partial charge in [-0.1, -0.05) is 0 Å². The summed E-state index contributed by atoms with van der Waals surface area (Å²) in [4.78, 5) is 23.3. The van der Waals surface area contributed by atoms with Gasteiger partial charge in [-0.3, -0.25) is 19.8 Å². The molecule has 1 aromatic rings. The van der Waals surface area contributed by atoms with Crippen LogP contribution in [0.15, 0.2) is 18.2 Å². The Morgan fingerprint density at radius 1 is 1.46 bits per heavy atom. The monoisotopic (exact) mass is 337 g/mol. The van der Waals surface area contributed by atoms with E-state index in [0.717, 1.165) is 25.9 Å². The molecule has 0 spiro atoms. The summed E-state index contributed by atoms with van der Waals surface area (Å²) in [7, 11) is 1.54. The van der Waals surface area contributed by atoms with Gasteiger partial charge in [-0.2, -0.15) is 0 Å². The van der Waals surface area contributed by atoms with E-state index in [1.165, 1.54) is 13.2 Å². The zero-order valence-electron chi connectivity index (χ0n) is 13.7. The average molecular weight is 337 g/mol. The molecule has 8 heteroatoms. The van der Waals surface area contributed by atoms with Gasteiger partial charge in [-0.05, 0) is 37.9 Å². The molecular weight excluding hydrogens is 314 g/mol. The van der Waals surface area contributed by atoms with Crippen LogP contribution in [0.1, 0.15) is 18.4 Å². The Hall–Kier alpha value is -2.19. The summed E-state index contributed by atoms with van der Waals surface area (Å²) in [5.41, 5.74) is 0.754. The summed E-state index contributed by atoms with van der Waals surface area (Å²) < 4.78 is 5.13. The van der Waals surface area contributed by atoms with E-state index in [1.807, 2.05) is 4.90 Å². The maximum absolute atomic E-state index is 11.1. The lowest BCUT2D eigenvalue weighted by atomic mass is 10.0. The van der Waals surface area contributed by atoms with E-state index in [1.54, 1.807) is 12.1 Å². The lowest BCUT2D eigenvalue weighted by Crippen LogP contribution is -2.44. The third kappa shape index (κ3) is 5.17. The zero-order valence-corrected chi connectivity index (χ0v) is 13.7. The molecule has 0 aliphatic carbocycles. The molecule has 1 heterocycles.